The maximum absolute atomic E-state index is 12.9. The zero-order valence-electron chi connectivity index (χ0n) is 24.3. The summed E-state index contributed by atoms with van der Waals surface area (Å²) in [6.45, 7) is 2.13. The summed E-state index contributed by atoms with van der Waals surface area (Å²) in [5.41, 5.74) is 7.66. The molecule has 7 rings (SSSR count). The Hall–Kier alpha value is -4.76. The van der Waals surface area contributed by atoms with Crippen LogP contribution < -0.4 is 5.32 Å². The molecule has 2 heteroatoms. The summed E-state index contributed by atoms with van der Waals surface area (Å²) in [6.07, 6.45) is -0.833. The first-order valence-electron chi connectivity index (χ1n) is 15.0. The second kappa shape index (κ2) is 11.1. The molecule has 6 aromatic rings. The van der Waals surface area contributed by atoms with E-state index in [1.165, 1.54) is 22.3 Å². The maximum atomic E-state index is 12.9. The minimum absolute atomic E-state index is 0.347. The monoisotopic (exact) mass is 557 g/mol. The van der Waals surface area contributed by atoms with Gasteiger partial charge in [0, 0.05) is 6.04 Å². The molecule has 43 heavy (non-hydrogen) atoms. The van der Waals surface area contributed by atoms with Gasteiger partial charge in [0.1, 0.15) is 0 Å². The zero-order valence-corrected chi connectivity index (χ0v) is 24.3. The van der Waals surface area contributed by atoms with Crippen LogP contribution in [-0.4, -0.2) is 17.3 Å². The van der Waals surface area contributed by atoms with E-state index in [9.17, 15) is 5.11 Å². The molecular formula is C41H35NO. The number of rotatable bonds is 8. The number of nitrogens with one attached hydrogen (secondary N) is 1. The van der Waals surface area contributed by atoms with Gasteiger partial charge in [0.15, 0.2) is 0 Å². The van der Waals surface area contributed by atoms with Crippen molar-refractivity contribution in [3.8, 4) is 11.1 Å². The van der Waals surface area contributed by atoms with Crippen LogP contribution >= 0.6 is 0 Å². The van der Waals surface area contributed by atoms with Crippen LogP contribution in [-0.2, 0) is 11.0 Å². The molecule has 0 amide bonds. The third-order valence-corrected chi connectivity index (χ3v) is 9.21. The van der Waals surface area contributed by atoms with E-state index in [1.807, 2.05) is 18.2 Å². The topological polar surface area (TPSA) is 32.3 Å². The lowest BCUT2D eigenvalue weighted by Crippen LogP contribution is -2.57. The lowest BCUT2D eigenvalue weighted by Gasteiger charge is -2.45. The lowest BCUT2D eigenvalue weighted by molar-refractivity contribution is 0.0778. The van der Waals surface area contributed by atoms with Gasteiger partial charge >= 0.3 is 0 Å². The molecule has 1 aliphatic rings. The van der Waals surface area contributed by atoms with E-state index in [1.54, 1.807) is 0 Å². The first kappa shape index (κ1) is 27.1. The first-order chi connectivity index (χ1) is 21.2. The second-order valence-corrected chi connectivity index (χ2v) is 11.5. The summed E-state index contributed by atoms with van der Waals surface area (Å²) in [4.78, 5) is 0. The molecule has 0 fully saturated rings. The third-order valence-electron chi connectivity index (χ3n) is 9.21. The van der Waals surface area contributed by atoms with Gasteiger partial charge in [-0.05, 0) is 51.4 Å². The molecule has 2 N–H and O–H groups in total. The van der Waals surface area contributed by atoms with Crippen molar-refractivity contribution < 1.29 is 5.11 Å². The zero-order chi connectivity index (χ0) is 29.3. The van der Waals surface area contributed by atoms with Crippen LogP contribution in [0, 0.1) is 0 Å². The molecule has 0 bridgehead atoms. The summed E-state index contributed by atoms with van der Waals surface area (Å²) >= 11 is 0. The third kappa shape index (κ3) is 4.26. The van der Waals surface area contributed by atoms with Crippen LogP contribution in [0.2, 0.25) is 0 Å². The summed E-state index contributed by atoms with van der Waals surface area (Å²) in [6, 6.07) is 59.0. The highest BCUT2D eigenvalue weighted by atomic mass is 16.3. The van der Waals surface area contributed by atoms with E-state index in [4.69, 9.17) is 0 Å². The number of benzene rings is 6. The largest absolute Gasteiger partial charge is 0.390 e. The quantitative estimate of drug-likeness (QED) is 0.184. The van der Waals surface area contributed by atoms with Crippen molar-refractivity contribution in [3.05, 3.63) is 203 Å². The number of aliphatic hydroxyl groups excluding tert-OH is 1. The normalized spacial score (nSPS) is 14.8. The fourth-order valence-electron chi connectivity index (χ4n) is 7.38. The van der Waals surface area contributed by atoms with E-state index in [-0.39, 0.29) is 6.04 Å². The van der Waals surface area contributed by atoms with Crippen molar-refractivity contribution in [2.24, 2.45) is 0 Å². The van der Waals surface area contributed by atoms with Gasteiger partial charge in [-0.25, -0.2) is 0 Å². The highest BCUT2D eigenvalue weighted by Crippen LogP contribution is 2.52. The van der Waals surface area contributed by atoms with E-state index in [0.29, 0.717) is 0 Å². The summed E-state index contributed by atoms with van der Waals surface area (Å²) in [5, 5.41) is 17.0. The fourth-order valence-corrected chi connectivity index (χ4v) is 7.38. The molecule has 210 valence electrons. The Kier molecular flexibility index (Phi) is 7.02. The maximum Gasteiger partial charge on any atom is 0.0962 e. The summed E-state index contributed by atoms with van der Waals surface area (Å²) in [7, 11) is 0. The van der Waals surface area contributed by atoms with Crippen LogP contribution in [0.5, 0.6) is 0 Å². The molecule has 0 aliphatic heterocycles. The summed E-state index contributed by atoms with van der Waals surface area (Å²) < 4.78 is 0. The Morgan fingerprint density at radius 1 is 0.488 bits per heavy atom. The van der Waals surface area contributed by atoms with Crippen molar-refractivity contribution in [3.63, 3.8) is 0 Å². The Bertz CT molecular complexity index is 1670. The highest BCUT2D eigenvalue weighted by molar-refractivity contribution is 5.83. The van der Waals surface area contributed by atoms with Crippen molar-refractivity contribution in [2.45, 2.75) is 30.0 Å². The lowest BCUT2D eigenvalue weighted by atomic mass is 9.64. The molecule has 0 saturated carbocycles. The SMILES string of the molecule is C[C@H](NC1(c2ccccc2)c2ccccc2-c2ccccc21)[C@H](O)C(c1ccccc1)(c1ccccc1)c1ccccc1. The minimum atomic E-state index is -0.833. The molecule has 0 saturated heterocycles. The van der Waals surface area contributed by atoms with Gasteiger partial charge < -0.3 is 5.11 Å². The Balaban J connectivity index is 1.45. The number of aliphatic hydroxyl groups is 1. The molecule has 0 radical (unpaired) electrons. The smallest absolute Gasteiger partial charge is 0.0962 e. The Morgan fingerprint density at radius 3 is 1.26 bits per heavy atom. The van der Waals surface area contributed by atoms with Gasteiger partial charge in [-0.3, -0.25) is 5.32 Å². The van der Waals surface area contributed by atoms with Crippen molar-refractivity contribution in [2.75, 3.05) is 0 Å². The predicted molar refractivity (Wildman–Crippen MR) is 176 cm³/mol. The average Bonchev–Trinajstić information content (AvgIpc) is 3.37. The minimum Gasteiger partial charge on any atom is -0.390 e. The molecular weight excluding hydrogens is 522 g/mol. The standard InChI is InChI=1S/C41H35NO/c1-30(39(43)40(31-18-6-2-7-19-31,32-20-8-3-9-21-32)33-22-10-4-11-23-33)42-41(34-24-12-5-13-25-34)37-28-16-14-26-35(37)36-27-15-17-29-38(36)41/h2-30,39,42-43H,1H3/t30-,39-/m0/s1. The molecule has 0 aromatic heterocycles. The van der Waals surface area contributed by atoms with E-state index >= 15 is 0 Å². The fraction of sp³-hybridized carbons (Fsp3) is 0.122. The van der Waals surface area contributed by atoms with Crippen LogP contribution in [0.3, 0.4) is 0 Å². The molecule has 0 spiro atoms. The Labute approximate surface area is 254 Å². The van der Waals surface area contributed by atoms with Gasteiger partial charge in [-0.2, -0.15) is 0 Å². The molecule has 1 aliphatic carbocycles. The molecule has 0 unspecified atom stereocenters. The van der Waals surface area contributed by atoms with Crippen LogP contribution in [0.4, 0.5) is 0 Å². The first-order valence-corrected chi connectivity index (χ1v) is 15.0. The number of fused-ring (bicyclic) bond motifs is 3. The van der Waals surface area contributed by atoms with E-state index in [2.05, 4.69) is 164 Å². The average molecular weight is 558 g/mol. The van der Waals surface area contributed by atoms with Crippen LogP contribution in [0.25, 0.3) is 11.1 Å². The van der Waals surface area contributed by atoms with Crippen LogP contribution in [0.1, 0.15) is 40.3 Å². The van der Waals surface area contributed by atoms with Gasteiger partial charge in [-0.15, -0.1) is 0 Å². The molecule has 2 nitrogen and oxygen atoms in total. The predicted octanol–water partition coefficient (Wildman–Crippen LogP) is 8.33. The molecule has 6 aromatic carbocycles. The Morgan fingerprint density at radius 2 is 0.837 bits per heavy atom. The second-order valence-electron chi connectivity index (χ2n) is 11.5. The van der Waals surface area contributed by atoms with Gasteiger partial charge in [0.2, 0.25) is 0 Å². The van der Waals surface area contributed by atoms with Crippen molar-refractivity contribution >= 4 is 0 Å². The molecule has 0 heterocycles. The van der Waals surface area contributed by atoms with Crippen molar-refractivity contribution in [1.82, 2.24) is 5.32 Å². The van der Waals surface area contributed by atoms with E-state index in [0.717, 1.165) is 22.3 Å². The van der Waals surface area contributed by atoms with Crippen LogP contribution in [0.15, 0.2) is 170 Å². The van der Waals surface area contributed by atoms with Gasteiger partial charge in [-0.1, -0.05) is 170 Å². The number of hydrogen-bond acceptors (Lipinski definition) is 2. The van der Waals surface area contributed by atoms with Gasteiger partial charge in [0.05, 0.1) is 17.1 Å². The highest BCUT2D eigenvalue weighted by Gasteiger charge is 2.50. The summed E-state index contributed by atoms with van der Waals surface area (Å²) in [5.74, 6) is 0. The number of hydrogen-bond donors (Lipinski definition) is 2. The van der Waals surface area contributed by atoms with Gasteiger partial charge in [0.25, 0.3) is 0 Å². The van der Waals surface area contributed by atoms with E-state index < -0.39 is 17.1 Å². The molecule has 2 atom stereocenters. The van der Waals surface area contributed by atoms with Crippen molar-refractivity contribution in [1.29, 1.82) is 0 Å².